The molecule has 1 aliphatic rings. The van der Waals surface area contributed by atoms with E-state index in [1.165, 1.54) is 4.90 Å². The molecule has 1 fully saturated rings. The molecule has 1 atom stereocenters. The summed E-state index contributed by atoms with van der Waals surface area (Å²) in [5.41, 5.74) is -0.328. The number of sulfonamides is 1. The van der Waals surface area contributed by atoms with E-state index >= 15 is 0 Å². The molecule has 1 rings (SSSR count). The Labute approximate surface area is 103 Å². The summed E-state index contributed by atoms with van der Waals surface area (Å²) in [7, 11) is -3.56. The van der Waals surface area contributed by atoms with Crippen molar-refractivity contribution in [2.24, 2.45) is 5.14 Å². The molecule has 17 heavy (non-hydrogen) atoms. The molecule has 7 heteroatoms. The third-order valence-electron chi connectivity index (χ3n) is 2.61. The summed E-state index contributed by atoms with van der Waals surface area (Å²) in [6, 6.07) is -0.231. The third-order valence-corrected chi connectivity index (χ3v) is 3.93. The van der Waals surface area contributed by atoms with Crippen LogP contribution in [-0.4, -0.2) is 43.2 Å². The molecule has 1 saturated heterocycles. The molecule has 3 N–H and O–H groups in total. The number of urea groups is 1. The Balaban J connectivity index is 2.64. The van der Waals surface area contributed by atoms with Crippen molar-refractivity contribution in [1.82, 2.24) is 10.2 Å². The van der Waals surface area contributed by atoms with Crippen molar-refractivity contribution >= 4 is 16.1 Å². The average molecular weight is 263 g/mol. The predicted octanol–water partition coefficient (Wildman–Crippen LogP) is 0.247. The molecule has 1 unspecified atom stereocenters. The average Bonchev–Trinajstić information content (AvgIpc) is 2.14. The van der Waals surface area contributed by atoms with Crippen LogP contribution in [0.1, 0.15) is 33.6 Å². The number of primary sulfonamides is 1. The van der Waals surface area contributed by atoms with Crippen molar-refractivity contribution in [1.29, 1.82) is 0 Å². The van der Waals surface area contributed by atoms with Gasteiger partial charge in [-0.1, -0.05) is 0 Å². The van der Waals surface area contributed by atoms with Crippen molar-refractivity contribution in [2.45, 2.75) is 44.4 Å². The van der Waals surface area contributed by atoms with E-state index in [2.05, 4.69) is 5.32 Å². The number of carbonyl (C=O) groups is 1. The van der Waals surface area contributed by atoms with Gasteiger partial charge in [0.05, 0.1) is 5.25 Å². The minimum atomic E-state index is -3.56. The van der Waals surface area contributed by atoms with Crippen molar-refractivity contribution in [2.75, 3.05) is 13.1 Å². The first-order valence-electron chi connectivity index (χ1n) is 5.68. The highest BCUT2D eigenvalue weighted by atomic mass is 32.2. The number of amides is 2. The maximum absolute atomic E-state index is 11.9. The van der Waals surface area contributed by atoms with Crippen LogP contribution >= 0.6 is 0 Å². The Hall–Kier alpha value is -0.820. The molecule has 0 bridgehead atoms. The van der Waals surface area contributed by atoms with Gasteiger partial charge in [-0.25, -0.2) is 18.4 Å². The summed E-state index contributed by atoms with van der Waals surface area (Å²) in [6.45, 7) is 6.40. The van der Waals surface area contributed by atoms with E-state index in [0.717, 1.165) is 0 Å². The highest BCUT2D eigenvalue weighted by Crippen LogP contribution is 2.15. The molecule has 6 nitrogen and oxygen atoms in total. The van der Waals surface area contributed by atoms with Crippen molar-refractivity contribution in [3.05, 3.63) is 0 Å². The van der Waals surface area contributed by atoms with Gasteiger partial charge in [0.1, 0.15) is 0 Å². The molecule has 1 heterocycles. The van der Waals surface area contributed by atoms with Gasteiger partial charge in [-0.2, -0.15) is 0 Å². The first kappa shape index (κ1) is 14.2. The summed E-state index contributed by atoms with van der Waals surface area (Å²) in [4.78, 5) is 13.4. The van der Waals surface area contributed by atoms with Gasteiger partial charge in [-0.3, -0.25) is 0 Å². The van der Waals surface area contributed by atoms with Gasteiger partial charge in [0.25, 0.3) is 0 Å². The maximum atomic E-state index is 11.9. The summed E-state index contributed by atoms with van der Waals surface area (Å²) in [5, 5.41) is 7.29. The molecule has 0 saturated carbocycles. The van der Waals surface area contributed by atoms with Gasteiger partial charge < -0.3 is 10.2 Å². The van der Waals surface area contributed by atoms with E-state index in [0.29, 0.717) is 19.4 Å². The zero-order valence-electron chi connectivity index (χ0n) is 10.6. The summed E-state index contributed by atoms with van der Waals surface area (Å²) in [6.07, 6.45) is 1.19. The highest BCUT2D eigenvalue weighted by molar-refractivity contribution is 7.89. The van der Waals surface area contributed by atoms with Gasteiger partial charge in [0.15, 0.2) is 0 Å². The Morgan fingerprint density at radius 2 is 2.00 bits per heavy atom. The molecular formula is C10H21N3O3S. The quantitative estimate of drug-likeness (QED) is 0.710. The molecule has 0 spiro atoms. The smallest absolute Gasteiger partial charge is 0.317 e. The van der Waals surface area contributed by atoms with Crippen LogP contribution in [0.3, 0.4) is 0 Å². The summed E-state index contributed by atoms with van der Waals surface area (Å²) < 4.78 is 22.5. The highest BCUT2D eigenvalue weighted by Gasteiger charge is 2.31. The minimum Gasteiger partial charge on any atom is -0.333 e. The van der Waals surface area contributed by atoms with Crippen LogP contribution in [0.25, 0.3) is 0 Å². The fourth-order valence-electron chi connectivity index (χ4n) is 1.79. The molecule has 2 amide bonds. The van der Waals surface area contributed by atoms with Crippen molar-refractivity contribution in [3.8, 4) is 0 Å². The fourth-order valence-corrected chi connectivity index (χ4v) is 2.67. The zero-order valence-corrected chi connectivity index (χ0v) is 11.4. The lowest BCUT2D eigenvalue weighted by molar-refractivity contribution is 0.178. The summed E-state index contributed by atoms with van der Waals surface area (Å²) in [5.74, 6) is 0. The van der Waals surface area contributed by atoms with Crippen LogP contribution in [0.2, 0.25) is 0 Å². The molecule has 0 aliphatic carbocycles. The lowest BCUT2D eigenvalue weighted by Gasteiger charge is -2.34. The standard InChI is InChI=1S/C10H21N3O3S/c1-10(2,3)12-9(14)13-6-4-5-8(7-13)17(11,15)16/h8H,4-7H2,1-3H3,(H,12,14)(H2,11,15,16). The molecule has 0 aromatic carbocycles. The van der Waals surface area contributed by atoms with E-state index in [4.69, 9.17) is 5.14 Å². The van der Waals surface area contributed by atoms with Crippen LogP contribution in [0.15, 0.2) is 0 Å². The molecule has 0 aromatic rings. The van der Waals surface area contributed by atoms with Crippen LogP contribution in [0.4, 0.5) is 4.79 Å². The van der Waals surface area contributed by atoms with Crippen LogP contribution < -0.4 is 10.5 Å². The van der Waals surface area contributed by atoms with Gasteiger partial charge in [-0.05, 0) is 33.6 Å². The Morgan fingerprint density at radius 1 is 1.41 bits per heavy atom. The SMILES string of the molecule is CC(C)(C)NC(=O)N1CCCC(S(N)(=O)=O)C1. The predicted molar refractivity (Wildman–Crippen MR) is 66.0 cm³/mol. The Kier molecular flexibility index (Phi) is 4.03. The maximum Gasteiger partial charge on any atom is 0.317 e. The van der Waals surface area contributed by atoms with Crippen molar-refractivity contribution in [3.63, 3.8) is 0 Å². The van der Waals surface area contributed by atoms with Gasteiger partial charge in [0.2, 0.25) is 10.0 Å². The number of nitrogens with one attached hydrogen (secondary N) is 1. The normalized spacial score (nSPS) is 22.4. The number of carbonyl (C=O) groups excluding carboxylic acids is 1. The molecule has 1 aliphatic heterocycles. The Morgan fingerprint density at radius 3 is 2.47 bits per heavy atom. The number of piperidine rings is 1. The molecule has 0 radical (unpaired) electrons. The summed E-state index contributed by atoms with van der Waals surface area (Å²) >= 11 is 0. The van der Waals surface area contributed by atoms with Gasteiger partial charge >= 0.3 is 6.03 Å². The van der Waals surface area contributed by atoms with E-state index in [1.54, 1.807) is 0 Å². The fraction of sp³-hybridized carbons (Fsp3) is 0.900. The third kappa shape index (κ3) is 4.51. The molecular weight excluding hydrogens is 242 g/mol. The van der Waals surface area contributed by atoms with Crippen LogP contribution in [0, 0.1) is 0 Å². The van der Waals surface area contributed by atoms with Gasteiger partial charge in [-0.15, -0.1) is 0 Å². The van der Waals surface area contributed by atoms with E-state index in [9.17, 15) is 13.2 Å². The number of rotatable bonds is 1. The lowest BCUT2D eigenvalue weighted by atomic mass is 10.1. The number of hydrogen-bond acceptors (Lipinski definition) is 3. The molecule has 0 aromatic heterocycles. The number of nitrogens with zero attached hydrogens (tertiary/aromatic N) is 1. The largest absolute Gasteiger partial charge is 0.333 e. The monoisotopic (exact) mass is 263 g/mol. The van der Waals surface area contributed by atoms with E-state index in [1.807, 2.05) is 20.8 Å². The zero-order chi connectivity index (χ0) is 13.3. The first-order valence-corrected chi connectivity index (χ1v) is 7.29. The van der Waals surface area contributed by atoms with E-state index < -0.39 is 15.3 Å². The second-order valence-electron chi connectivity index (χ2n) is 5.48. The first-order chi connectivity index (χ1) is 7.59. The van der Waals surface area contributed by atoms with E-state index in [-0.39, 0.29) is 18.1 Å². The topological polar surface area (TPSA) is 92.5 Å². The van der Waals surface area contributed by atoms with Crippen LogP contribution in [0.5, 0.6) is 0 Å². The van der Waals surface area contributed by atoms with Gasteiger partial charge in [0, 0.05) is 18.6 Å². The minimum absolute atomic E-state index is 0.181. The second kappa shape index (κ2) is 4.81. The van der Waals surface area contributed by atoms with Crippen molar-refractivity contribution < 1.29 is 13.2 Å². The number of likely N-dealkylation sites (tertiary alicyclic amines) is 1. The van der Waals surface area contributed by atoms with Crippen LogP contribution in [-0.2, 0) is 10.0 Å². The lowest BCUT2D eigenvalue weighted by Crippen LogP contribution is -2.54. The second-order valence-corrected chi connectivity index (χ2v) is 7.32. The Bertz CT molecular complexity index is 386. The number of hydrogen-bond donors (Lipinski definition) is 2. The molecule has 100 valence electrons. The number of nitrogens with two attached hydrogens (primary N) is 1.